The van der Waals surface area contributed by atoms with Gasteiger partial charge in [0.25, 0.3) is 0 Å². The van der Waals surface area contributed by atoms with E-state index in [1.807, 2.05) is 0 Å². The third-order valence-corrected chi connectivity index (χ3v) is 5.46. The predicted octanol–water partition coefficient (Wildman–Crippen LogP) is 3.23. The molecule has 2 heterocycles. The van der Waals surface area contributed by atoms with Gasteiger partial charge in [-0.15, -0.1) is 0 Å². The first-order valence-electron chi connectivity index (χ1n) is 9.73. The third-order valence-electron chi connectivity index (χ3n) is 5.46. The molecule has 0 N–H and O–H groups in total. The second-order valence-electron chi connectivity index (χ2n) is 8.69. The second kappa shape index (κ2) is 7.99. The predicted molar refractivity (Wildman–Crippen MR) is 102 cm³/mol. The molecule has 0 radical (unpaired) electrons. The molecule has 0 aliphatic carbocycles. The number of benzene rings is 1. The minimum absolute atomic E-state index is 0.406. The van der Waals surface area contributed by atoms with Gasteiger partial charge in [-0.05, 0) is 43.8 Å². The highest BCUT2D eigenvalue weighted by Gasteiger charge is 2.27. The van der Waals surface area contributed by atoms with Crippen LogP contribution in [-0.2, 0) is 6.54 Å². The van der Waals surface area contributed by atoms with Gasteiger partial charge < -0.3 is 9.80 Å². The molecule has 0 saturated carbocycles. The Hall–Kier alpha value is -0.900. The fraction of sp³-hybridized carbons (Fsp3) is 0.714. The van der Waals surface area contributed by atoms with Crippen molar-refractivity contribution in [3.05, 3.63) is 35.4 Å². The smallest absolute Gasteiger partial charge is 0.0234 e. The van der Waals surface area contributed by atoms with Crippen LogP contribution in [0, 0.1) is 12.3 Å². The summed E-state index contributed by atoms with van der Waals surface area (Å²) in [5.74, 6) is 0. The Labute approximate surface area is 148 Å². The van der Waals surface area contributed by atoms with Crippen molar-refractivity contribution in [2.75, 3.05) is 52.4 Å². The van der Waals surface area contributed by atoms with Gasteiger partial charge in [0.2, 0.25) is 0 Å². The molecule has 0 aromatic heterocycles. The molecule has 3 heteroatoms. The Morgan fingerprint density at radius 1 is 0.833 bits per heavy atom. The molecule has 2 aliphatic rings. The SMILES string of the molecule is Cc1cccc(CN2CCN(CC(C)(C)CN3CCCC3)CC2)c1. The zero-order chi connectivity index (χ0) is 17.0. The highest BCUT2D eigenvalue weighted by atomic mass is 15.3. The summed E-state index contributed by atoms with van der Waals surface area (Å²) >= 11 is 0. The summed E-state index contributed by atoms with van der Waals surface area (Å²) < 4.78 is 0. The number of hydrogen-bond acceptors (Lipinski definition) is 3. The van der Waals surface area contributed by atoms with Gasteiger partial charge in [0.15, 0.2) is 0 Å². The Morgan fingerprint density at radius 3 is 2.04 bits per heavy atom. The number of likely N-dealkylation sites (tertiary alicyclic amines) is 1. The van der Waals surface area contributed by atoms with Crippen LogP contribution in [0.4, 0.5) is 0 Å². The zero-order valence-corrected chi connectivity index (χ0v) is 15.9. The van der Waals surface area contributed by atoms with E-state index in [0.717, 1.165) is 6.54 Å². The normalized spacial score (nSPS) is 21.5. The van der Waals surface area contributed by atoms with Crippen LogP contribution in [0.3, 0.4) is 0 Å². The minimum atomic E-state index is 0.406. The average molecular weight is 330 g/mol. The number of aryl methyl sites for hydroxylation is 1. The summed E-state index contributed by atoms with van der Waals surface area (Å²) in [6, 6.07) is 8.95. The van der Waals surface area contributed by atoms with Gasteiger partial charge in [0.1, 0.15) is 0 Å². The Kier molecular flexibility index (Phi) is 5.96. The van der Waals surface area contributed by atoms with Gasteiger partial charge in [-0.2, -0.15) is 0 Å². The van der Waals surface area contributed by atoms with E-state index in [9.17, 15) is 0 Å². The van der Waals surface area contributed by atoms with Gasteiger partial charge in [-0.25, -0.2) is 0 Å². The van der Waals surface area contributed by atoms with E-state index in [2.05, 4.69) is 59.7 Å². The molecule has 0 amide bonds. The molecule has 0 atom stereocenters. The molecule has 2 saturated heterocycles. The van der Waals surface area contributed by atoms with Gasteiger partial charge in [-0.3, -0.25) is 4.90 Å². The van der Waals surface area contributed by atoms with Crippen molar-refractivity contribution in [3.8, 4) is 0 Å². The average Bonchev–Trinajstić information content (AvgIpc) is 3.01. The van der Waals surface area contributed by atoms with E-state index in [0.29, 0.717) is 5.41 Å². The molecule has 0 unspecified atom stereocenters. The quantitative estimate of drug-likeness (QED) is 0.793. The van der Waals surface area contributed by atoms with E-state index in [4.69, 9.17) is 0 Å². The lowest BCUT2D eigenvalue weighted by Crippen LogP contribution is -2.50. The highest BCUT2D eigenvalue weighted by molar-refractivity contribution is 5.22. The first-order chi connectivity index (χ1) is 11.5. The van der Waals surface area contributed by atoms with Crippen molar-refractivity contribution in [1.82, 2.24) is 14.7 Å². The second-order valence-corrected chi connectivity index (χ2v) is 8.69. The lowest BCUT2D eigenvalue weighted by atomic mass is 9.91. The molecule has 0 bridgehead atoms. The fourth-order valence-electron chi connectivity index (χ4n) is 4.38. The number of piperazine rings is 1. The summed E-state index contributed by atoms with van der Waals surface area (Å²) in [5.41, 5.74) is 3.23. The topological polar surface area (TPSA) is 9.72 Å². The maximum atomic E-state index is 2.68. The van der Waals surface area contributed by atoms with Crippen molar-refractivity contribution in [2.45, 2.75) is 40.2 Å². The maximum Gasteiger partial charge on any atom is 0.0234 e. The molecule has 1 aromatic rings. The van der Waals surface area contributed by atoms with Gasteiger partial charge in [0.05, 0.1) is 0 Å². The lowest BCUT2D eigenvalue weighted by molar-refractivity contribution is 0.0783. The van der Waals surface area contributed by atoms with E-state index in [-0.39, 0.29) is 0 Å². The van der Waals surface area contributed by atoms with Gasteiger partial charge in [0, 0.05) is 45.8 Å². The lowest BCUT2D eigenvalue weighted by Gasteiger charge is -2.40. The van der Waals surface area contributed by atoms with Crippen molar-refractivity contribution in [1.29, 1.82) is 0 Å². The largest absolute Gasteiger partial charge is 0.303 e. The summed E-state index contributed by atoms with van der Waals surface area (Å²) in [6.45, 7) is 18.1. The molecule has 3 rings (SSSR count). The molecule has 3 nitrogen and oxygen atoms in total. The van der Waals surface area contributed by atoms with Crippen molar-refractivity contribution < 1.29 is 0 Å². The fourth-order valence-corrected chi connectivity index (χ4v) is 4.38. The van der Waals surface area contributed by atoms with E-state index in [1.165, 1.54) is 76.3 Å². The zero-order valence-electron chi connectivity index (χ0n) is 15.9. The maximum absolute atomic E-state index is 2.68. The molecule has 24 heavy (non-hydrogen) atoms. The first kappa shape index (κ1) is 17.9. The van der Waals surface area contributed by atoms with Crippen molar-refractivity contribution in [3.63, 3.8) is 0 Å². The van der Waals surface area contributed by atoms with Crippen LogP contribution in [0.2, 0.25) is 0 Å². The number of hydrogen-bond donors (Lipinski definition) is 0. The number of nitrogens with zero attached hydrogens (tertiary/aromatic N) is 3. The summed E-state index contributed by atoms with van der Waals surface area (Å²) in [5, 5.41) is 0. The van der Waals surface area contributed by atoms with E-state index >= 15 is 0 Å². The van der Waals surface area contributed by atoms with Crippen LogP contribution in [0.5, 0.6) is 0 Å². The molecular formula is C21H35N3. The summed E-state index contributed by atoms with van der Waals surface area (Å²) in [4.78, 5) is 7.95. The van der Waals surface area contributed by atoms with Crippen molar-refractivity contribution >= 4 is 0 Å². The van der Waals surface area contributed by atoms with Crippen LogP contribution >= 0.6 is 0 Å². The van der Waals surface area contributed by atoms with Crippen LogP contribution in [-0.4, -0.2) is 67.1 Å². The third kappa shape index (κ3) is 5.30. The van der Waals surface area contributed by atoms with Gasteiger partial charge >= 0.3 is 0 Å². The van der Waals surface area contributed by atoms with Crippen LogP contribution in [0.1, 0.15) is 37.8 Å². The first-order valence-corrected chi connectivity index (χ1v) is 9.73. The minimum Gasteiger partial charge on any atom is -0.303 e. The Morgan fingerprint density at radius 2 is 1.42 bits per heavy atom. The summed E-state index contributed by atoms with van der Waals surface area (Å²) in [6.07, 6.45) is 2.79. The summed E-state index contributed by atoms with van der Waals surface area (Å²) in [7, 11) is 0. The Bertz CT molecular complexity index is 512. The molecular weight excluding hydrogens is 294 g/mol. The van der Waals surface area contributed by atoms with Gasteiger partial charge in [-0.1, -0.05) is 43.7 Å². The molecule has 2 fully saturated rings. The molecule has 2 aliphatic heterocycles. The Balaban J connectivity index is 1.42. The van der Waals surface area contributed by atoms with Crippen LogP contribution < -0.4 is 0 Å². The molecule has 1 aromatic carbocycles. The molecule has 134 valence electrons. The van der Waals surface area contributed by atoms with Crippen molar-refractivity contribution in [2.24, 2.45) is 5.41 Å². The standard InChI is InChI=1S/C21H35N3/c1-19-7-6-8-20(15-19)16-22-11-13-24(14-12-22)18-21(2,3)17-23-9-4-5-10-23/h6-8,15H,4-5,9-14,16-18H2,1-3H3. The molecule has 0 spiro atoms. The number of rotatable bonds is 6. The monoisotopic (exact) mass is 329 g/mol. The van der Waals surface area contributed by atoms with Crippen LogP contribution in [0.15, 0.2) is 24.3 Å². The van der Waals surface area contributed by atoms with Crippen LogP contribution in [0.25, 0.3) is 0 Å². The highest BCUT2D eigenvalue weighted by Crippen LogP contribution is 2.22. The van der Waals surface area contributed by atoms with E-state index in [1.54, 1.807) is 0 Å². The van der Waals surface area contributed by atoms with E-state index < -0.39 is 0 Å².